The maximum Gasteiger partial charge on any atom is 0.410 e. The van der Waals surface area contributed by atoms with E-state index in [0.29, 0.717) is 55.9 Å². The highest BCUT2D eigenvalue weighted by Gasteiger charge is 2.55. The molecule has 150 heavy (non-hydrogen) atoms. The lowest BCUT2D eigenvalue weighted by Gasteiger charge is -2.32. The third-order valence-electron chi connectivity index (χ3n) is 26.6. The number of hydrogen-bond acceptors (Lipinski definition) is 24. The second kappa shape index (κ2) is 51.8. The van der Waals surface area contributed by atoms with Crippen LogP contribution in [0.25, 0.3) is 0 Å². The molecule has 4 N–H and O–H groups in total. The van der Waals surface area contributed by atoms with E-state index in [9.17, 15) is 33.6 Å². The molecule has 33 nitrogen and oxygen atoms in total. The van der Waals surface area contributed by atoms with Crippen LogP contribution in [-0.4, -0.2) is 192 Å². The first-order valence-corrected chi connectivity index (χ1v) is 52.2. The van der Waals surface area contributed by atoms with Crippen LogP contribution in [0, 0.1) is 20.8 Å². The Labute approximate surface area is 905 Å². The molecular formula is C114H144Br3N13O20. The van der Waals surface area contributed by atoms with E-state index in [0.717, 1.165) is 119 Å². The average molecular weight is 2260 g/mol. The molecule has 7 aliphatic carbocycles. The molecule has 2 aromatic heterocycles. The monoisotopic (exact) mass is 2250 g/mol. The zero-order valence-corrected chi connectivity index (χ0v) is 95.1. The van der Waals surface area contributed by atoms with Crippen LogP contribution in [0.3, 0.4) is 0 Å². The number of rotatable bonds is 15. The molecule has 0 radical (unpaired) electrons. The van der Waals surface area contributed by atoms with Crippen molar-refractivity contribution in [3.05, 3.63) is 280 Å². The molecule has 36 heteroatoms. The summed E-state index contributed by atoms with van der Waals surface area (Å²) in [6.07, 6.45) is 17.2. The zero-order chi connectivity index (χ0) is 112. The van der Waals surface area contributed by atoms with Crippen LogP contribution in [0.5, 0.6) is 0 Å². The molecule has 806 valence electrons. The Morgan fingerprint density at radius 2 is 0.627 bits per heavy atom. The van der Waals surface area contributed by atoms with Gasteiger partial charge in [-0.3, -0.25) is 19.0 Å². The number of nitrogens with zero attached hydrogens (tertiary/aromatic N) is 10. The zero-order valence-electron chi connectivity index (χ0n) is 90.4. The first kappa shape index (κ1) is 122. The van der Waals surface area contributed by atoms with Gasteiger partial charge in [-0.2, -0.15) is 48.6 Å². The molecule has 0 saturated heterocycles. The maximum atomic E-state index is 13.5. The molecule has 7 amide bonds. The van der Waals surface area contributed by atoms with Crippen LogP contribution in [0.15, 0.2) is 202 Å². The van der Waals surface area contributed by atoms with Crippen molar-refractivity contribution in [3.63, 3.8) is 0 Å². The first-order valence-electron chi connectivity index (χ1n) is 49.8. The van der Waals surface area contributed by atoms with E-state index in [-0.39, 0.29) is 100 Å². The van der Waals surface area contributed by atoms with Gasteiger partial charge in [-0.1, -0.05) is 204 Å². The molecule has 0 unspecified atom stereocenters. The number of nitrogens with two attached hydrogens (primary N) is 1. The lowest BCUT2D eigenvalue weighted by Crippen LogP contribution is -2.43. The van der Waals surface area contributed by atoms with Gasteiger partial charge in [0.15, 0.2) is 0 Å². The van der Waals surface area contributed by atoms with Crippen LogP contribution in [0.1, 0.15) is 281 Å². The summed E-state index contributed by atoms with van der Waals surface area (Å²) in [5.74, 6) is -0.111. The highest BCUT2D eigenvalue weighted by atomic mass is 79.9. The van der Waals surface area contributed by atoms with Crippen molar-refractivity contribution < 1.29 is 95.6 Å². The van der Waals surface area contributed by atoms with Gasteiger partial charge in [-0.15, -0.1) is 0 Å². The van der Waals surface area contributed by atoms with Crippen molar-refractivity contribution in [1.29, 1.82) is 0 Å². The molecule has 9 aromatic rings. The van der Waals surface area contributed by atoms with Crippen molar-refractivity contribution in [2.24, 2.45) is 5.73 Å². The second-order valence-electron chi connectivity index (χ2n) is 43.7. The number of ether oxygens (including phenoxy) is 5. The van der Waals surface area contributed by atoms with Gasteiger partial charge in [-0.05, 0) is 297 Å². The number of benzene rings is 7. The fourth-order valence-electron chi connectivity index (χ4n) is 17.6. The van der Waals surface area contributed by atoms with Gasteiger partial charge in [0, 0.05) is 65.8 Å². The SMILES string of the molecule is CC(C)(C)OC(=O)NC1(c2cccc(Br)c2)CC1.CN(C(=O)OC(C)(C)C)C1(c2cccc(Br)c2)CC1.CN(C(=O)c1cnn2c1CN(C(=O)OC(C)(C)C)CC2)C1(c2ccccc2)CC1.CNC1(c2cccc(C)c2)CC1.Cc1cccc(C2(N(C)C(=O)OC(C)(C)C)CC2)c1.Cc1cccc(C2(N(C)C(=O)c3cnn4c3CN(C(=O)OC(C)(C)C)CC4)CC2)c1.NC1(c2cccc(Br)c2)CC1.O=C=O.O=C=O.O=C=O.O=C=O. The van der Waals surface area contributed by atoms with E-state index in [4.69, 9.17) is 67.8 Å². The summed E-state index contributed by atoms with van der Waals surface area (Å²) in [5.41, 5.74) is 17.8. The molecule has 0 spiro atoms. The topological polar surface area (TPSA) is 407 Å². The Balaban J connectivity index is 0.000000213. The molecule has 7 saturated carbocycles. The Bertz CT molecular complexity index is 6160. The van der Waals surface area contributed by atoms with Crippen molar-refractivity contribution in [3.8, 4) is 0 Å². The number of fused-ring (bicyclic) bond motifs is 2. The number of aromatic nitrogens is 4. The van der Waals surface area contributed by atoms with Gasteiger partial charge in [0.25, 0.3) is 11.8 Å². The number of hydrogen-bond donors (Lipinski definition) is 3. The molecule has 2 aliphatic heterocycles. The smallest absolute Gasteiger partial charge is 0.410 e. The van der Waals surface area contributed by atoms with Gasteiger partial charge in [0.1, 0.15) is 28.0 Å². The largest absolute Gasteiger partial charge is 0.444 e. The number of halogens is 3. The minimum Gasteiger partial charge on any atom is -0.444 e. The number of carbonyl (C=O) groups excluding carboxylic acids is 15. The minimum atomic E-state index is -0.556. The number of alkyl carbamates (subject to hydrolysis) is 1. The van der Waals surface area contributed by atoms with Gasteiger partial charge in [0.2, 0.25) is 0 Å². The third kappa shape index (κ3) is 34.6. The van der Waals surface area contributed by atoms with Crippen LogP contribution in [0.4, 0.5) is 24.0 Å². The van der Waals surface area contributed by atoms with Gasteiger partial charge in [-0.25, -0.2) is 24.0 Å². The summed E-state index contributed by atoms with van der Waals surface area (Å²) >= 11 is 10.4. The fraction of sp³-hybridized carbons (Fsp3) is 0.482. The van der Waals surface area contributed by atoms with Crippen molar-refractivity contribution in [2.45, 2.75) is 307 Å². The summed E-state index contributed by atoms with van der Waals surface area (Å²) in [6.45, 7) is 37.1. The summed E-state index contributed by atoms with van der Waals surface area (Å²) in [6, 6.07) is 60.1. The highest BCUT2D eigenvalue weighted by molar-refractivity contribution is 9.11. The predicted octanol–water partition coefficient (Wildman–Crippen LogP) is 21.5. The summed E-state index contributed by atoms with van der Waals surface area (Å²) < 4.78 is 34.1. The quantitative estimate of drug-likeness (QED) is 0.0802. The third-order valence-corrected chi connectivity index (χ3v) is 28.0. The van der Waals surface area contributed by atoms with Crippen LogP contribution < -0.4 is 16.4 Å². The molecule has 7 aromatic carbocycles. The number of aryl methyl sites for hydroxylation is 3. The van der Waals surface area contributed by atoms with Crippen molar-refractivity contribution in [1.82, 2.24) is 59.6 Å². The Morgan fingerprint density at radius 1 is 0.347 bits per heavy atom. The van der Waals surface area contributed by atoms with Crippen molar-refractivity contribution >= 4 is 115 Å². The molecule has 7 fully saturated rings. The number of nitrogens with one attached hydrogen (secondary N) is 2. The van der Waals surface area contributed by atoms with E-state index >= 15 is 0 Å². The van der Waals surface area contributed by atoms with E-state index in [1.54, 1.807) is 32.0 Å². The lowest BCUT2D eigenvalue weighted by atomic mass is 10.00. The Morgan fingerprint density at radius 3 is 0.933 bits per heavy atom. The highest BCUT2D eigenvalue weighted by Crippen LogP contribution is 2.56. The molecule has 0 bridgehead atoms. The van der Waals surface area contributed by atoms with E-state index < -0.39 is 28.0 Å². The molecule has 18 rings (SSSR count). The van der Waals surface area contributed by atoms with Crippen LogP contribution in [0.2, 0.25) is 0 Å². The second-order valence-corrected chi connectivity index (χ2v) is 46.5. The van der Waals surface area contributed by atoms with Crippen molar-refractivity contribution in [2.75, 3.05) is 48.3 Å². The van der Waals surface area contributed by atoms with Gasteiger partial charge in [0.05, 0.1) is 88.8 Å². The number of carbonyl (C=O) groups is 7. The summed E-state index contributed by atoms with van der Waals surface area (Å²) in [4.78, 5) is 164. The van der Waals surface area contributed by atoms with Crippen LogP contribution in [-0.2, 0) is 127 Å². The lowest BCUT2D eigenvalue weighted by molar-refractivity contribution is -0.193. The normalized spacial score (nSPS) is 16.4. The Hall–Kier alpha value is -12.9. The molecule has 9 aliphatic rings. The minimum absolute atomic E-state index is 0.00375. The summed E-state index contributed by atoms with van der Waals surface area (Å²) in [5, 5.41) is 15.2. The Kier molecular flexibility index (Phi) is 42.2. The summed E-state index contributed by atoms with van der Waals surface area (Å²) in [7, 11) is 9.44. The molecule has 0 atom stereocenters. The van der Waals surface area contributed by atoms with E-state index in [1.165, 1.54) is 51.8 Å². The first-order chi connectivity index (χ1) is 70.2. The van der Waals surface area contributed by atoms with E-state index in [1.807, 2.05) is 230 Å². The molecule has 4 heterocycles. The van der Waals surface area contributed by atoms with Gasteiger partial charge >= 0.3 is 55.1 Å². The average Bonchev–Trinajstić information content (AvgIpc) is 1.52. The standard InChI is InChI=1S/C23H30N4O3.C22H28N4O3.C16H23NO2.C15H20BrNO2.C14H18BrNO2.C11H15N.C9H10BrN.4CO2/c1-16-7-6-8-17(13-16)23(9-10-23)25(5)20(28)18-14-24-27-12-11-26(15-19(18)27)21(29)30-22(2,3)4;1-21(2,3)29-20(28)25-12-13-26-18(15-25)17(14-23-26)19(27)24(4)22(10-11-22)16-8-6-5-7-9-16;1-12-7-6-8-13(11-12)16(9-10-16)17(5)14(18)19-15(2,3)4;1-14(2,3)19-13(18)17(4)15(8-9-15)11-6-5-7-12(16)10-11;1-13(2,3)18-12(17)16-14(7-8-14)10-5-4-6-11(15)9-10;1-9-4-3-5-10(8-9)11(12-2)6-7-11;10-8-3-1-2-7(6-8)9(11)4-5-9;4*2-1-3/h6-8,13-14H,9-12,15H2,1-5H3;5-9,14H,10-13,15H2,1-4H3;6-8,11H,9-10H2,1-5H3;5-7,10H,8-9H2,1-4H3;4-6,9H,7-8H2,1-3H3,(H,16,17);3-5,8,12H,6-7H2,1-2H3;1-3,6H,4-5,11H2;;;;. The van der Waals surface area contributed by atoms with Gasteiger partial charge < -0.3 is 69.5 Å². The van der Waals surface area contributed by atoms with Crippen LogP contribution >= 0.6 is 47.8 Å². The predicted molar refractivity (Wildman–Crippen MR) is 571 cm³/mol. The maximum absolute atomic E-state index is 13.5. The number of amides is 7. The molecular weight excluding hydrogens is 2110 g/mol. The fourth-order valence-corrected chi connectivity index (χ4v) is 18.8. The van der Waals surface area contributed by atoms with E-state index in [2.05, 4.69) is 194 Å².